The van der Waals surface area contributed by atoms with Crippen LogP contribution in [0, 0.1) is 23.7 Å². The van der Waals surface area contributed by atoms with Crippen molar-refractivity contribution in [1.29, 1.82) is 0 Å². The van der Waals surface area contributed by atoms with Crippen molar-refractivity contribution >= 4 is 0 Å². The van der Waals surface area contributed by atoms with Crippen molar-refractivity contribution in [3.63, 3.8) is 0 Å². The maximum absolute atomic E-state index is 6.15. The summed E-state index contributed by atoms with van der Waals surface area (Å²) in [6, 6.07) is 0.452. The van der Waals surface area contributed by atoms with Crippen LogP contribution in [0.4, 0.5) is 0 Å². The SMILES string of the molecule is CC#CCN1CC2CCCC(N)C2C1. The molecule has 1 aliphatic carbocycles. The monoisotopic (exact) mass is 192 g/mol. The van der Waals surface area contributed by atoms with E-state index in [1.807, 2.05) is 6.92 Å². The fourth-order valence-corrected chi connectivity index (χ4v) is 2.93. The van der Waals surface area contributed by atoms with Crippen LogP contribution >= 0.6 is 0 Å². The Labute approximate surface area is 86.8 Å². The van der Waals surface area contributed by atoms with Crippen LogP contribution in [0.1, 0.15) is 26.2 Å². The van der Waals surface area contributed by atoms with Crippen LogP contribution in [0.3, 0.4) is 0 Å². The van der Waals surface area contributed by atoms with Gasteiger partial charge in [0.05, 0.1) is 6.54 Å². The van der Waals surface area contributed by atoms with Gasteiger partial charge in [0, 0.05) is 19.1 Å². The fraction of sp³-hybridized carbons (Fsp3) is 0.833. The molecule has 0 aromatic heterocycles. The summed E-state index contributed by atoms with van der Waals surface area (Å²) in [7, 11) is 0. The molecule has 3 unspecified atom stereocenters. The minimum Gasteiger partial charge on any atom is -0.327 e. The van der Waals surface area contributed by atoms with Crippen LogP contribution < -0.4 is 5.73 Å². The van der Waals surface area contributed by atoms with Crippen molar-refractivity contribution in [2.45, 2.75) is 32.2 Å². The molecule has 3 atom stereocenters. The van der Waals surface area contributed by atoms with Crippen molar-refractivity contribution in [1.82, 2.24) is 4.90 Å². The van der Waals surface area contributed by atoms with Crippen molar-refractivity contribution < 1.29 is 0 Å². The van der Waals surface area contributed by atoms with E-state index >= 15 is 0 Å². The number of hydrogen-bond donors (Lipinski definition) is 1. The molecule has 0 aromatic rings. The first-order valence-corrected chi connectivity index (χ1v) is 5.69. The molecule has 0 amide bonds. The standard InChI is InChI=1S/C12H20N2/c1-2-3-7-14-8-10-5-4-6-12(13)11(10)9-14/h10-12H,4-9,13H2,1H3. The molecule has 78 valence electrons. The highest BCUT2D eigenvalue weighted by Gasteiger charge is 2.38. The van der Waals surface area contributed by atoms with Crippen LogP contribution in [0.5, 0.6) is 0 Å². The highest BCUT2D eigenvalue weighted by molar-refractivity contribution is 5.01. The maximum Gasteiger partial charge on any atom is 0.0601 e. The summed E-state index contributed by atoms with van der Waals surface area (Å²) in [5.74, 6) is 7.72. The molecule has 2 N–H and O–H groups in total. The molecule has 0 aromatic carbocycles. The van der Waals surface area contributed by atoms with Gasteiger partial charge in [-0.25, -0.2) is 0 Å². The summed E-state index contributed by atoms with van der Waals surface area (Å²) in [5.41, 5.74) is 6.15. The van der Waals surface area contributed by atoms with Crippen LogP contribution in [-0.4, -0.2) is 30.6 Å². The van der Waals surface area contributed by atoms with Crippen molar-refractivity contribution in [2.75, 3.05) is 19.6 Å². The summed E-state index contributed by atoms with van der Waals surface area (Å²) in [5, 5.41) is 0. The quantitative estimate of drug-likeness (QED) is 0.630. The van der Waals surface area contributed by atoms with Gasteiger partial charge in [-0.2, -0.15) is 0 Å². The average molecular weight is 192 g/mol. The summed E-state index contributed by atoms with van der Waals surface area (Å²) < 4.78 is 0. The van der Waals surface area contributed by atoms with Gasteiger partial charge >= 0.3 is 0 Å². The highest BCUT2D eigenvalue weighted by Crippen LogP contribution is 2.35. The Kier molecular flexibility index (Phi) is 3.10. The molecule has 2 rings (SSSR count). The van der Waals surface area contributed by atoms with E-state index in [1.165, 1.54) is 32.4 Å². The van der Waals surface area contributed by atoms with Crippen molar-refractivity contribution in [2.24, 2.45) is 17.6 Å². The Morgan fingerprint density at radius 3 is 2.93 bits per heavy atom. The first kappa shape index (κ1) is 10.0. The van der Waals surface area contributed by atoms with E-state index in [4.69, 9.17) is 5.73 Å². The van der Waals surface area contributed by atoms with Gasteiger partial charge in [0.25, 0.3) is 0 Å². The average Bonchev–Trinajstić information content (AvgIpc) is 2.59. The summed E-state index contributed by atoms with van der Waals surface area (Å²) in [6.45, 7) is 5.26. The van der Waals surface area contributed by atoms with Gasteiger partial charge in [-0.3, -0.25) is 4.90 Å². The molecule has 0 spiro atoms. The van der Waals surface area contributed by atoms with Gasteiger partial charge in [-0.15, -0.1) is 5.92 Å². The molecule has 14 heavy (non-hydrogen) atoms. The fourth-order valence-electron chi connectivity index (χ4n) is 2.93. The third-order valence-corrected chi connectivity index (χ3v) is 3.71. The number of nitrogens with two attached hydrogens (primary N) is 1. The third kappa shape index (κ3) is 1.94. The molecule has 2 nitrogen and oxygen atoms in total. The van der Waals surface area contributed by atoms with Gasteiger partial charge in [-0.1, -0.05) is 12.3 Å². The molecule has 2 aliphatic rings. The van der Waals surface area contributed by atoms with E-state index in [1.54, 1.807) is 0 Å². The molecule has 1 saturated carbocycles. The van der Waals surface area contributed by atoms with Crippen LogP contribution in [0.15, 0.2) is 0 Å². The summed E-state index contributed by atoms with van der Waals surface area (Å²) in [4.78, 5) is 2.47. The predicted octanol–water partition coefficient (Wildman–Crippen LogP) is 1.07. The lowest BCUT2D eigenvalue weighted by atomic mass is 9.78. The summed E-state index contributed by atoms with van der Waals surface area (Å²) in [6.07, 6.45) is 3.94. The van der Waals surface area contributed by atoms with E-state index in [9.17, 15) is 0 Å². The zero-order valence-electron chi connectivity index (χ0n) is 9.00. The Morgan fingerprint density at radius 1 is 1.36 bits per heavy atom. The first-order valence-electron chi connectivity index (χ1n) is 5.69. The first-order chi connectivity index (χ1) is 6.81. The molecular weight excluding hydrogens is 172 g/mol. The number of likely N-dealkylation sites (tertiary alicyclic amines) is 1. The highest BCUT2D eigenvalue weighted by atomic mass is 15.2. The molecule has 1 heterocycles. The van der Waals surface area contributed by atoms with Crippen molar-refractivity contribution in [3.8, 4) is 11.8 Å². The lowest BCUT2D eigenvalue weighted by molar-refractivity contribution is 0.259. The van der Waals surface area contributed by atoms with Crippen LogP contribution in [0.25, 0.3) is 0 Å². The second-order valence-corrected chi connectivity index (χ2v) is 4.64. The largest absolute Gasteiger partial charge is 0.327 e. The minimum absolute atomic E-state index is 0.452. The molecule has 2 fully saturated rings. The topological polar surface area (TPSA) is 29.3 Å². The van der Waals surface area contributed by atoms with Gasteiger partial charge in [0.1, 0.15) is 0 Å². The normalized spacial score (nSPS) is 37.4. The zero-order chi connectivity index (χ0) is 9.97. The third-order valence-electron chi connectivity index (χ3n) is 3.71. The molecule has 0 radical (unpaired) electrons. The second kappa shape index (κ2) is 4.33. The lowest BCUT2D eigenvalue weighted by Crippen LogP contribution is -2.38. The maximum atomic E-state index is 6.15. The van der Waals surface area contributed by atoms with E-state index < -0.39 is 0 Å². The van der Waals surface area contributed by atoms with Crippen LogP contribution in [-0.2, 0) is 0 Å². The predicted molar refractivity (Wildman–Crippen MR) is 58.7 cm³/mol. The molecular formula is C12H20N2. The molecule has 2 heteroatoms. The van der Waals surface area contributed by atoms with Gasteiger partial charge in [0.15, 0.2) is 0 Å². The Balaban J connectivity index is 1.92. The molecule has 1 saturated heterocycles. The van der Waals surface area contributed by atoms with E-state index in [0.717, 1.165) is 18.4 Å². The number of rotatable bonds is 1. The van der Waals surface area contributed by atoms with Gasteiger partial charge in [-0.05, 0) is 31.6 Å². The second-order valence-electron chi connectivity index (χ2n) is 4.64. The minimum atomic E-state index is 0.452. The zero-order valence-corrected chi connectivity index (χ0v) is 9.00. The number of nitrogens with zero attached hydrogens (tertiary/aromatic N) is 1. The Hall–Kier alpha value is -0.520. The Bertz CT molecular complexity index is 251. The molecule has 0 bridgehead atoms. The smallest absolute Gasteiger partial charge is 0.0601 e. The van der Waals surface area contributed by atoms with E-state index in [-0.39, 0.29) is 0 Å². The summed E-state index contributed by atoms with van der Waals surface area (Å²) >= 11 is 0. The number of fused-ring (bicyclic) bond motifs is 1. The van der Waals surface area contributed by atoms with Crippen LogP contribution in [0.2, 0.25) is 0 Å². The van der Waals surface area contributed by atoms with E-state index in [2.05, 4.69) is 16.7 Å². The van der Waals surface area contributed by atoms with E-state index in [0.29, 0.717) is 6.04 Å². The number of hydrogen-bond acceptors (Lipinski definition) is 2. The Morgan fingerprint density at radius 2 is 2.21 bits per heavy atom. The van der Waals surface area contributed by atoms with Gasteiger partial charge in [0.2, 0.25) is 0 Å². The lowest BCUT2D eigenvalue weighted by Gasteiger charge is -2.29. The van der Waals surface area contributed by atoms with Gasteiger partial charge < -0.3 is 5.73 Å². The molecule has 1 aliphatic heterocycles. The van der Waals surface area contributed by atoms with Crippen molar-refractivity contribution in [3.05, 3.63) is 0 Å².